The molecule has 1 heterocycles. The van der Waals surface area contributed by atoms with Crippen molar-refractivity contribution in [2.24, 2.45) is 7.05 Å². The first kappa shape index (κ1) is 15.2. The number of hydrogen-bond acceptors (Lipinski definition) is 1. The predicted molar refractivity (Wildman–Crippen MR) is 109 cm³/mol. The Bertz CT molecular complexity index is 1270. The van der Waals surface area contributed by atoms with Crippen LogP contribution in [0.15, 0.2) is 78.9 Å². The Kier molecular flexibility index (Phi) is 3.34. The van der Waals surface area contributed by atoms with Crippen molar-refractivity contribution in [3.05, 3.63) is 84.4 Å². The second-order valence-corrected chi connectivity index (χ2v) is 6.72. The molecule has 0 spiro atoms. The summed E-state index contributed by atoms with van der Waals surface area (Å²) in [5.74, 6) is 0. The number of aliphatic hydroxyl groups excluding tert-OH is 1. The molecule has 0 atom stereocenters. The number of rotatable bonds is 2. The largest absolute Gasteiger partial charge is 0.392 e. The predicted octanol–water partition coefficient (Wildman–Crippen LogP) is 5.64. The van der Waals surface area contributed by atoms with Crippen molar-refractivity contribution in [1.29, 1.82) is 0 Å². The van der Waals surface area contributed by atoms with Crippen LogP contribution in [0.1, 0.15) is 5.56 Å². The maximum Gasteiger partial charge on any atom is 0.0694 e. The van der Waals surface area contributed by atoms with E-state index < -0.39 is 0 Å². The lowest BCUT2D eigenvalue weighted by Gasteiger charge is -2.15. The summed E-state index contributed by atoms with van der Waals surface area (Å²) < 4.78 is 2.25. The molecule has 0 saturated heterocycles. The van der Waals surface area contributed by atoms with Gasteiger partial charge in [0, 0.05) is 28.7 Å². The maximum atomic E-state index is 10.4. The van der Waals surface area contributed by atoms with Crippen LogP contribution in [0.2, 0.25) is 0 Å². The molecule has 5 rings (SSSR count). The number of aliphatic hydroxyl groups is 1. The van der Waals surface area contributed by atoms with Crippen LogP contribution < -0.4 is 0 Å². The van der Waals surface area contributed by atoms with Gasteiger partial charge in [0.05, 0.1) is 12.1 Å². The van der Waals surface area contributed by atoms with Crippen molar-refractivity contribution in [3.63, 3.8) is 0 Å². The molecule has 0 fully saturated rings. The molecule has 5 aromatic rings. The summed E-state index contributed by atoms with van der Waals surface area (Å²) in [6.45, 7) is 0.0135. The van der Waals surface area contributed by atoms with Gasteiger partial charge in [0.2, 0.25) is 0 Å². The van der Waals surface area contributed by atoms with Crippen LogP contribution in [-0.2, 0) is 13.7 Å². The van der Waals surface area contributed by atoms with Crippen LogP contribution in [0.25, 0.3) is 43.7 Å². The first-order chi connectivity index (χ1) is 12.8. The van der Waals surface area contributed by atoms with Crippen molar-refractivity contribution < 1.29 is 5.11 Å². The number of aryl methyl sites for hydroxylation is 1. The fourth-order valence-electron chi connectivity index (χ4n) is 4.30. The van der Waals surface area contributed by atoms with Gasteiger partial charge in [-0.05, 0) is 28.1 Å². The quantitative estimate of drug-likeness (QED) is 0.443. The highest BCUT2D eigenvalue weighted by Gasteiger charge is 2.20. The number of nitrogens with zero attached hydrogens (tertiary/aromatic N) is 1. The summed E-state index contributed by atoms with van der Waals surface area (Å²) in [6, 6.07) is 27.3. The SMILES string of the molecule is Cn1c2ccccc2c2c(CO)c(-c3ccccc3)c3ccccc3c21. The van der Waals surface area contributed by atoms with E-state index in [1.807, 2.05) is 6.07 Å². The lowest BCUT2D eigenvalue weighted by molar-refractivity contribution is 0.284. The van der Waals surface area contributed by atoms with E-state index in [0.717, 1.165) is 22.1 Å². The minimum Gasteiger partial charge on any atom is -0.392 e. The molecule has 0 aliphatic carbocycles. The van der Waals surface area contributed by atoms with Crippen molar-refractivity contribution in [3.8, 4) is 11.1 Å². The third-order valence-electron chi connectivity index (χ3n) is 5.38. The van der Waals surface area contributed by atoms with Crippen molar-refractivity contribution >= 4 is 32.6 Å². The second kappa shape index (κ2) is 5.72. The Balaban J connectivity index is 2.13. The van der Waals surface area contributed by atoms with Gasteiger partial charge in [0.25, 0.3) is 0 Å². The van der Waals surface area contributed by atoms with E-state index in [-0.39, 0.29) is 6.61 Å². The average molecular weight is 337 g/mol. The number of benzene rings is 4. The topological polar surface area (TPSA) is 25.2 Å². The third-order valence-corrected chi connectivity index (χ3v) is 5.38. The molecule has 0 aliphatic heterocycles. The summed E-state index contributed by atoms with van der Waals surface area (Å²) in [5.41, 5.74) is 5.65. The Morgan fingerprint density at radius 3 is 2.08 bits per heavy atom. The Morgan fingerprint density at radius 1 is 0.731 bits per heavy atom. The van der Waals surface area contributed by atoms with Crippen molar-refractivity contribution in [2.45, 2.75) is 6.61 Å². The summed E-state index contributed by atoms with van der Waals surface area (Å²) in [6.07, 6.45) is 0. The highest BCUT2D eigenvalue weighted by molar-refractivity contribution is 6.23. The summed E-state index contributed by atoms with van der Waals surface area (Å²) >= 11 is 0. The normalized spacial score (nSPS) is 11.6. The molecule has 0 bridgehead atoms. The van der Waals surface area contributed by atoms with Gasteiger partial charge in [-0.15, -0.1) is 0 Å². The van der Waals surface area contributed by atoms with Gasteiger partial charge in [-0.25, -0.2) is 0 Å². The minimum absolute atomic E-state index is 0.0135. The summed E-state index contributed by atoms with van der Waals surface area (Å²) in [7, 11) is 2.11. The van der Waals surface area contributed by atoms with Crippen LogP contribution in [0, 0.1) is 0 Å². The van der Waals surface area contributed by atoms with Crippen molar-refractivity contribution in [2.75, 3.05) is 0 Å². The van der Waals surface area contributed by atoms with Gasteiger partial charge in [0.15, 0.2) is 0 Å². The average Bonchev–Trinajstić information content (AvgIpc) is 3.01. The molecule has 26 heavy (non-hydrogen) atoms. The molecule has 0 aliphatic rings. The summed E-state index contributed by atoms with van der Waals surface area (Å²) in [4.78, 5) is 0. The molecule has 0 radical (unpaired) electrons. The van der Waals surface area contributed by atoms with Crippen LogP contribution in [0.5, 0.6) is 0 Å². The fourth-order valence-corrected chi connectivity index (χ4v) is 4.30. The standard InChI is InChI=1S/C24H19NO/c1-25-21-14-8-7-13-19(21)23-20(15-26)22(16-9-3-2-4-10-16)17-11-5-6-12-18(17)24(23)25/h2-14,26H,15H2,1H3. The lowest BCUT2D eigenvalue weighted by atomic mass is 9.90. The molecular formula is C24H19NO. The van der Waals surface area contributed by atoms with E-state index in [0.29, 0.717) is 0 Å². The molecule has 2 nitrogen and oxygen atoms in total. The highest BCUT2D eigenvalue weighted by atomic mass is 16.3. The fraction of sp³-hybridized carbons (Fsp3) is 0.0833. The molecule has 1 aromatic heterocycles. The molecule has 2 heteroatoms. The zero-order valence-electron chi connectivity index (χ0n) is 14.6. The van der Waals surface area contributed by atoms with Crippen LogP contribution >= 0.6 is 0 Å². The van der Waals surface area contributed by atoms with E-state index in [1.165, 1.54) is 27.2 Å². The Labute approximate surface area is 151 Å². The number of hydrogen-bond donors (Lipinski definition) is 1. The van der Waals surface area contributed by atoms with Gasteiger partial charge >= 0.3 is 0 Å². The second-order valence-electron chi connectivity index (χ2n) is 6.72. The highest BCUT2D eigenvalue weighted by Crippen LogP contribution is 2.42. The minimum atomic E-state index is 0.0135. The molecule has 0 amide bonds. The zero-order chi connectivity index (χ0) is 17.7. The first-order valence-electron chi connectivity index (χ1n) is 8.88. The molecular weight excluding hydrogens is 318 g/mol. The summed E-state index contributed by atoms with van der Waals surface area (Å²) in [5, 5.41) is 15.1. The lowest BCUT2D eigenvalue weighted by Crippen LogP contribution is -1.96. The van der Waals surface area contributed by atoms with Gasteiger partial charge in [-0.3, -0.25) is 0 Å². The van der Waals surface area contributed by atoms with E-state index in [4.69, 9.17) is 0 Å². The smallest absolute Gasteiger partial charge is 0.0694 e. The van der Waals surface area contributed by atoms with Gasteiger partial charge in [0.1, 0.15) is 0 Å². The van der Waals surface area contributed by atoms with Gasteiger partial charge in [-0.1, -0.05) is 72.8 Å². The Hall–Kier alpha value is -3.10. The van der Waals surface area contributed by atoms with E-state index in [1.54, 1.807) is 0 Å². The monoisotopic (exact) mass is 337 g/mol. The number of fused-ring (bicyclic) bond motifs is 5. The maximum absolute atomic E-state index is 10.4. The van der Waals surface area contributed by atoms with Crippen LogP contribution in [0.3, 0.4) is 0 Å². The van der Waals surface area contributed by atoms with Crippen LogP contribution in [-0.4, -0.2) is 9.67 Å². The molecule has 0 unspecified atom stereocenters. The molecule has 126 valence electrons. The van der Waals surface area contributed by atoms with E-state index in [9.17, 15) is 5.11 Å². The zero-order valence-corrected chi connectivity index (χ0v) is 14.6. The van der Waals surface area contributed by atoms with Gasteiger partial charge in [-0.2, -0.15) is 0 Å². The number of aromatic nitrogens is 1. The molecule has 4 aromatic carbocycles. The third kappa shape index (κ3) is 1.97. The van der Waals surface area contributed by atoms with Crippen molar-refractivity contribution in [1.82, 2.24) is 4.57 Å². The number of para-hydroxylation sites is 1. The molecule has 0 saturated carbocycles. The first-order valence-corrected chi connectivity index (χ1v) is 8.88. The Morgan fingerprint density at radius 2 is 1.35 bits per heavy atom. The van der Waals surface area contributed by atoms with E-state index >= 15 is 0 Å². The molecule has 1 N–H and O–H groups in total. The van der Waals surface area contributed by atoms with Crippen LogP contribution in [0.4, 0.5) is 0 Å². The van der Waals surface area contributed by atoms with E-state index in [2.05, 4.69) is 84.4 Å². The van der Waals surface area contributed by atoms with Gasteiger partial charge < -0.3 is 9.67 Å².